The first-order valence-corrected chi connectivity index (χ1v) is 13.4. The smallest absolute Gasteiger partial charge is 0.341 e. The third-order valence-corrected chi connectivity index (χ3v) is 8.11. The SMILES string of the molecule is O=c1ccn([C@@H]2OC(COS(=O)(=O)C(F)(F)F)(COS(=O)(=O)C(F)(F)F)[C@H]3OC4(CCCC4)O[C@@H]23)c(=O)[nH]1. The molecule has 0 bridgehead atoms. The van der Waals surface area contributed by atoms with Gasteiger partial charge in [-0.2, -0.15) is 43.2 Å². The van der Waals surface area contributed by atoms with Crippen LogP contribution >= 0.6 is 0 Å². The molecule has 1 spiro atoms. The molecule has 0 amide bonds. The number of nitrogens with one attached hydrogen (secondary N) is 1. The first kappa shape index (κ1) is 29.0. The van der Waals surface area contributed by atoms with Gasteiger partial charge in [0.05, 0.1) is 0 Å². The van der Waals surface area contributed by atoms with E-state index >= 15 is 0 Å². The lowest BCUT2D eigenvalue weighted by molar-refractivity contribution is -0.243. The highest BCUT2D eigenvalue weighted by Gasteiger charge is 2.67. The van der Waals surface area contributed by atoms with Crippen molar-refractivity contribution in [2.75, 3.05) is 13.2 Å². The quantitative estimate of drug-likeness (QED) is 0.263. The summed E-state index contributed by atoms with van der Waals surface area (Å²) in [7, 11) is -12.8. The second-order valence-corrected chi connectivity index (χ2v) is 11.9. The van der Waals surface area contributed by atoms with E-state index in [0.717, 1.165) is 12.3 Å². The van der Waals surface area contributed by atoms with E-state index in [2.05, 4.69) is 8.37 Å². The van der Waals surface area contributed by atoms with Crippen LogP contribution in [0.4, 0.5) is 26.3 Å². The first-order valence-electron chi connectivity index (χ1n) is 10.6. The van der Waals surface area contributed by atoms with E-state index in [4.69, 9.17) is 14.2 Å². The molecule has 1 aromatic rings. The third kappa shape index (κ3) is 5.11. The molecule has 13 nitrogen and oxygen atoms in total. The Bertz CT molecular complexity index is 1350. The molecule has 38 heavy (non-hydrogen) atoms. The maximum absolute atomic E-state index is 12.9. The minimum Gasteiger partial charge on any atom is -0.341 e. The van der Waals surface area contributed by atoms with Gasteiger partial charge in [0.2, 0.25) is 0 Å². The number of alkyl halides is 6. The second-order valence-electron chi connectivity index (χ2n) is 8.65. The minimum atomic E-state index is -6.38. The Morgan fingerprint density at radius 1 is 0.921 bits per heavy atom. The average molecular weight is 604 g/mol. The van der Waals surface area contributed by atoms with Crippen LogP contribution in [0.25, 0.3) is 0 Å². The molecule has 1 saturated carbocycles. The van der Waals surface area contributed by atoms with Crippen molar-refractivity contribution >= 4 is 20.2 Å². The summed E-state index contributed by atoms with van der Waals surface area (Å²) < 4.78 is 150. The molecule has 3 heterocycles. The van der Waals surface area contributed by atoms with Crippen LogP contribution in [-0.4, -0.2) is 74.2 Å². The molecule has 216 valence electrons. The Hall–Kier alpha value is -2.04. The maximum Gasteiger partial charge on any atom is 0.523 e. The molecule has 1 N–H and O–H groups in total. The van der Waals surface area contributed by atoms with Gasteiger partial charge in [-0.3, -0.25) is 22.7 Å². The van der Waals surface area contributed by atoms with Crippen molar-refractivity contribution in [3.63, 3.8) is 0 Å². The molecule has 0 radical (unpaired) electrons. The number of nitrogens with zero attached hydrogens (tertiary/aromatic N) is 1. The van der Waals surface area contributed by atoms with E-state index < -0.39 is 85.5 Å². The Balaban J connectivity index is 1.80. The predicted octanol–water partition coefficient (Wildman–Crippen LogP) is 0.591. The average Bonchev–Trinajstić information content (AvgIpc) is 3.46. The zero-order valence-electron chi connectivity index (χ0n) is 18.7. The lowest BCUT2D eigenvalue weighted by Crippen LogP contribution is -2.53. The van der Waals surface area contributed by atoms with Gasteiger partial charge in [-0.15, -0.1) is 0 Å². The standard InChI is InChI=1S/C17H18F6N2O11S2/c18-16(19,20)37(28,29)32-7-14(8-33-38(30,31)17(21,22)23)11-10(34-15(35-11)4-1-2-5-15)12(36-14)25-6-3-9(26)24-13(25)27/h3,6,10-12H,1-2,4-5,7-8H2,(H,24,26,27)/t10-,11+,12-/m1/s1. The summed E-state index contributed by atoms with van der Waals surface area (Å²) in [6.07, 6.45) is -2.80. The van der Waals surface area contributed by atoms with Crippen molar-refractivity contribution in [2.24, 2.45) is 0 Å². The predicted molar refractivity (Wildman–Crippen MR) is 107 cm³/mol. The van der Waals surface area contributed by atoms with Crippen molar-refractivity contribution < 1.29 is 65.8 Å². The Morgan fingerprint density at radius 3 is 1.92 bits per heavy atom. The largest absolute Gasteiger partial charge is 0.523 e. The molecule has 2 aliphatic heterocycles. The molecular weight excluding hydrogens is 586 g/mol. The topological polar surface area (TPSA) is 169 Å². The van der Waals surface area contributed by atoms with Crippen molar-refractivity contribution in [3.8, 4) is 0 Å². The highest BCUT2D eigenvalue weighted by atomic mass is 32.2. The van der Waals surface area contributed by atoms with Gasteiger partial charge < -0.3 is 14.2 Å². The van der Waals surface area contributed by atoms with E-state index in [-0.39, 0.29) is 12.8 Å². The fourth-order valence-electron chi connectivity index (χ4n) is 4.38. The third-order valence-electron chi connectivity index (χ3n) is 6.12. The summed E-state index contributed by atoms with van der Waals surface area (Å²) in [4.78, 5) is 25.8. The van der Waals surface area contributed by atoms with Gasteiger partial charge in [-0.1, -0.05) is 0 Å². The number of aromatic amines is 1. The van der Waals surface area contributed by atoms with Crippen LogP contribution in [0.1, 0.15) is 31.9 Å². The summed E-state index contributed by atoms with van der Waals surface area (Å²) in [5, 5.41) is 0. The minimum absolute atomic E-state index is 0.187. The molecule has 0 aromatic carbocycles. The van der Waals surface area contributed by atoms with Crippen LogP contribution in [0.3, 0.4) is 0 Å². The number of rotatable bonds is 7. The fourth-order valence-corrected chi connectivity index (χ4v) is 5.36. The molecule has 1 aliphatic carbocycles. The van der Waals surface area contributed by atoms with Gasteiger partial charge in [0.15, 0.2) is 12.0 Å². The van der Waals surface area contributed by atoms with Crippen LogP contribution in [-0.2, 0) is 42.8 Å². The Kier molecular flexibility index (Phi) is 7.06. The number of aromatic nitrogens is 2. The molecule has 2 saturated heterocycles. The monoisotopic (exact) mass is 604 g/mol. The summed E-state index contributed by atoms with van der Waals surface area (Å²) in [5.41, 5.74) is -16.8. The van der Waals surface area contributed by atoms with E-state index in [1.807, 2.05) is 4.98 Å². The molecule has 3 atom stereocenters. The van der Waals surface area contributed by atoms with Crippen molar-refractivity contribution in [1.82, 2.24) is 9.55 Å². The van der Waals surface area contributed by atoms with Crippen LogP contribution in [0, 0.1) is 0 Å². The van der Waals surface area contributed by atoms with Crippen molar-refractivity contribution in [1.29, 1.82) is 0 Å². The lowest BCUT2D eigenvalue weighted by Gasteiger charge is -2.34. The van der Waals surface area contributed by atoms with E-state index in [9.17, 15) is 52.8 Å². The van der Waals surface area contributed by atoms with E-state index in [1.54, 1.807) is 0 Å². The van der Waals surface area contributed by atoms with Crippen LogP contribution in [0.15, 0.2) is 21.9 Å². The number of ether oxygens (including phenoxy) is 3. The second kappa shape index (κ2) is 9.27. The van der Waals surface area contributed by atoms with Crippen molar-refractivity contribution in [3.05, 3.63) is 33.1 Å². The normalized spacial score (nSPS) is 27.2. The molecule has 3 fully saturated rings. The zero-order valence-corrected chi connectivity index (χ0v) is 20.3. The van der Waals surface area contributed by atoms with Gasteiger partial charge in [-0.25, -0.2) is 4.79 Å². The van der Waals surface area contributed by atoms with Crippen LogP contribution in [0.2, 0.25) is 0 Å². The summed E-state index contributed by atoms with van der Waals surface area (Å²) in [6.45, 7) is -3.51. The summed E-state index contributed by atoms with van der Waals surface area (Å²) in [5.74, 6) is -1.46. The lowest BCUT2D eigenvalue weighted by atomic mass is 9.97. The molecule has 1 aromatic heterocycles. The Morgan fingerprint density at radius 2 is 1.45 bits per heavy atom. The molecular formula is C17H18F6N2O11S2. The zero-order chi connectivity index (χ0) is 28.4. The van der Waals surface area contributed by atoms with Gasteiger partial charge in [0.1, 0.15) is 31.0 Å². The number of hydrogen-bond donors (Lipinski definition) is 1. The van der Waals surface area contributed by atoms with Crippen LogP contribution in [0.5, 0.6) is 0 Å². The van der Waals surface area contributed by atoms with Crippen LogP contribution < -0.4 is 11.2 Å². The van der Waals surface area contributed by atoms with Gasteiger partial charge in [0.25, 0.3) is 5.56 Å². The summed E-state index contributed by atoms with van der Waals surface area (Å²) in [6, 6.07) is 0.830. The van der Waals surface area contributed by atoms with E-state index in [0.29, 0.717) is 17.4 Å². The number of halogens is 6. The highest BCUT2D eigenvalue weighted by Crippen LogP contribution is 2.53. The number of fused-ring (bicyclic) bond motifs is 1. The number of H-pyrrole nitrogens is 1. The van der Waals surface area contributed by atoms with E-state index in [1.165, 1.54) is 0 Å². The molecule has 21 heteroatoms. The molecule has 0 unspecified atom stereocenters. The fraction of sp³-hybridized carbons (Fsp3) is 0.765. The molecule has 4 rings (SSSR count). The van der Waals surface area contributed by atoms with Gasteiger partial charge >= 0.3 is 36.9 Å². The van der Waals surface area contributed by atoms with Gasteiger partial charge in [-0.05, 0) is 12.8 Å². The maximum atomic E-state index is 12.9. The number of hydrogen-bond acceptors (Lipinski definition) is 11. The Labute approximate surface area is 208 Å². The summed E-state index contributed by atoms with van der Waals surface area (Å²) >= 11 is 0. The highest BCUT2D eigenvalue weighted by molar-refractivity contribution is 7.87. The van der Waals surface area contributed by atoms with Gasteiger partial charge in [0, 0.05) is 25.1 Å². The van der Waals surface area contributed by atoms with Crippen molar-refractivity contribution in [2.45, 2.75) is 66.5 Å². The first-order chi connectivity index (χ1) is 17.3. The molecule has 3 aliphatic rings.